The van der Waals surface area contributed by atoms with Gasteiger partial charge in [-0.3, -0.25) is 4.21 Å². The van der Waals surface area contributed by atoms with E-state index in [4.69, 9.17) is 5.26 Å². The Balaban J connectivity index is 2.78. The molecule has 0 bridgehead atoms. The molecule has 4 unspecified atom stereocenters. The molecule has 4 atom stereocenters. The largest absolute Gasteiger partial charge is 0.260 e. The van der Waals surface area contributed by atoms with Crippen molar-refractivity contribution >= 4 is 10.8 Å². The van der Waals surface area contributed by atoms with Crippen LogP contribution in [0.5, 0.6) is 0 Å². The second-order valence-corrected chi connectivity index (χ2v) is 7.23. The fourth-order valence-electron chi connectivity index (χ4n) is 2.64. The molecule has 0 N–H and O–H groups in total. The van der Waals surface area contributed by atoms with E-state index in [-0.39, 0.29) is 11.2 Å². The Labute approximate surface area is 102 Å². The van der Waals surface area contributed by atoms with Gasteiger partial charge in [0, 0.05) is 17.1 Å². The van der Waals surface area contributed by atoms with Gasteiger partial charge in [0.1, 0.15) is 0 Å². The van der Waals surface area contributed by atoms with Crippen molar-refractivity contribution in [2.45, 2.75) is 51.7 Å². The lowest BCUT2D eigenvalue weighted by Crippen LogP contribution is -2.37. The first-order valence-corrected chi connectivity index (χ1v) is 7.76. The van der Waals surface area contributed by atoms with Gasteiger partial charge in [0.25, 0.3) is 0 Å². The Morgan fingerprint density at radius 1 is 1.44 bits per heavy atom. The van der Waals surface area contributed by atoms with Crippen LogP contribution in [0.4, 0.5) is 0 Å². The van der Waals surface area contributed by atoms with Gasteiger partial charge >= 0.3 is 0 Å². The van der Waals surface area contributed by atoms with Crippen LogP contribution in [0.3, 0.4) is 0 Å². The van der Waals surface area contributed by atoms with Crippen molar-refractivity contribution in [1.82, 2.24) is 0 Å². The molecule has 0 aliphatic heterocycles. The number of hydrogen-bond acceptors (Lipinski definition) is 2. The highest BCUT2D eigenvalue weighted by Gasteiger charge is 2.38. The van der Waals surface area contributed by atoms with Crippen LogP contribution >= 0.6 is 0 Å². The van der Waals surface area contributed by atoms with Gasteiger partial charge in [0.05, 0.1) is 17.2 Å². The van der Waals surface area contributed by atoms with Gasteiger partial charge < -0.3 is 0 Å². The zero-order valence-electron chi connectivity index (χ0n) is 10.8. The fraction of sp³-hybridized carbons (Fsp3) is 0.923. The summed E-state index contributed by atoms with van der Waals surface area (Å²) in [5.74, 6) is 0.630. The van der Waals surface area contributed by atoms with Crippen LogP contribution in [0.15, 0.2) is 0 Å². The molecule has 2 nitrogen and oxygen atoms in total. The average molecular weight is 241 g/mol. The summed E-state index contributed by atoms with van der Waals surface area (Å²) >= 11 is 0. The monoisotopic (exact) mass is 241 g/mol. The lowest BCUT2D eigenvalue weighted by Gasteiger charge is -2.40. The molecule has 92 valence electrons. The summed E-state index contributed by atoms with van der Waals surface area (Å²) in [5, 5.41) is 9.16. The van der Waals surface area contributed by atoms with E-state index in [1.165, 1.54) is 0 Å². The lowest BCUT2D eigenvalue weighted by molar-refractivity contribution is 0.143. The first-order chi connectivity index (χ1) is 7.42. The maximum absolute atomic E-state index is 11.7. The van der Waals surface area contributed by atoms with E-state index in [1.54, 1.807) is 6.26 Å². The highest BCUT2D eigenvalue weighted by atomic mass is 32.2. The first-order valence-electron chi connectivity index (χ1n) is 6.14. The lowest BCUT2D eigenvalue weighted by atomic mass is 9.67. The van der Waals surface area contributed by atoms with Crippen molar-refractivity contribution in [2.75, 3.05) is 6.26 Å². The second-order valence-electron chi connectivity index (χ2n) is 5.62. The minimum absolute atomic E-state index is 0.00902. The van der Waals surface area contributed by atoms with E-state index in [9.17, 15) is 4.21 Å². The van der Waals surface area contributed by atoms with Crippen molar-refractivity contribution in [3.05, 3.63) is 0 Å². The van der Waals surface area contributed by atoms with E-state index in [0.717, 1.165) is 25.7 Å². The minimum Gasteiger partial charge on any atom is -0.260 e. The third-order valence-corrected chi connectivity index (χ3v) is 5.77. The summed E-state index contributed by atoms with van der Waals surface area (Å²) in [5.41, 5.74) is 0.318. The number of nitriles is 1. The van der Waals surface area contributed by atoms with E-state index in [1.807, 2.05) is 0 Å². The normalized spacial score (nSPS) is 33.1. The van der Waals surface area contributed by atoms with Gasteiger partial charge in [-0.1, -0.05) is 27.2 Å². The zero-order chi connectivity index (χ0) is 12.3. The van der Waals surface area contributed by atoms with Crippen LogP contribution in [0.1, 0.15) is 46.5 Å². The topological polar surface area (TPSA) is 40.9 Å². The van der Waals surface area contributed by atoms with Crippen molar-refractivity contribution in [1.29, 1.82) is 5.26 Å². The maximum Gasteiger partial charge on any atom is 0.0668 e. The Kier molecular flexibility index (Phi) is 4.55. The first kappa shape index (κ1) is 13.7. The van der Waals surface area contributed by atoms with Crippen molar-refractivity contribution in [3.8, 4) is 6.07 Å². The van der Waals surface area contributed by atoms with Crippen LogP contribution in [-0.2, 0) is 10.8 Å². The quantitative estimate of drug-likeness (QED) is 0.761. The highest BCUT2D eigenvalue weighted by Crippen LogP contribution is 2.43. The Morgan fingerprint density at radius 2 is 2.06 bits per heavy atom. The van der Waals surface area contributed by atoms with Crippen LogP contribution in [0.2, 0.25) is 0 Å². The number of rotatable bonds is 3. The molecule has 0 aromatic heterocycles. The minimum atomic E-state index is -0.862. The molecule has 0 aromatic carbocycles. The Bertz CT molecular complexity index is 306. The predicted molar refractivity (Wildman–Crippen MR) is 68.4 cm³/mol. The molecule has 0 amide bonds. The smallest absolute Gasteiger partial charge is 0.0668 e. The van der Waals surface area contributed by atoms with Gasteiger partial charge in [-0.2, -0.15) is 5.26 Å². The van der Waals surface area contributed by atoms with E-state index >= 15 is 0 Å². The van der Waals surface area contributed by atoms with E-state index in [2.05, 4.69) is 26.8 Å². The summed E-state index contributed by atoms with van der Waals surface area (Å²) in [6, 6.07) is 2.33. The standard InChI is InChI=1S/C13H23NOS/c1-5-13(2,3)11-7-6-10(9-14)12(8-11)16(4)15/h10-12H,5-8H2,1-4H3. The third kappa shape index (κ3) is 2.85. The molecular formula is C13H23NOS. The van der Waals surface area contributed by atoms with E-state index in [0.29, 0.717) is 11.3 Å². The second kappa shape index (κ2) is 5.31. The molecule has 1 fully saturated rings. The summed E-state index contributed by atoms with van der Waals surface area (Å²) in [6.07, 6.45) is 5.90. The van der Waals surface area contributed by atoms with Crippen molar-refractivity contribution in [3.63, 3.8) is 0 Å². The van der Waals surface area contributed by atoms with Crippen LogP contribution in [0.25, 0.3) is 0 Å². The molecule has 3 heteroatoms. The Morgan fingerprint density at radius 3 is 2.50 bits per heavy atom. The fourth-order valence-corrected chi connectivity index (χ4v) is 3.81. The van der Waals surface area contributed by atoms with Crippen molar-refractivity contribution in [2.24, 2.45) is 17.3 Å². The molecule has 0 radical (unpaired) electrons. The molecule has 0 heterocycles. The predicted octanol–water partition coefficient (Wildman–Crippen LogP) is 3.11. The Hall–Kier alpha value is -0.360. The van der Waals surface area contributed by atoms with Crippen LogP contribution in [-0.4, -0.2) is 15.7 Å². The molecule has 16 heavy (non-hydrogen) atoms. The third-order valence-electron chi connectivity index (χ3n) is 4.40. The summed E-state index contributed by atoms with van der Waals surface area (Å²) < 4.78 is 11.7. The molecular weight excluding hydrogens is 218 g/mol. The molecule has 0 aromatic rings. The number of hydrogen-bond donors (Lipinski definition) is 0. The van der Waals surface area contributed by atoms with Gasteiger partial charge in [-0.05, 0) is 30.6 Å². The van der Waals surface area contributed by atoms with Gasteiger partial charge in [0.15, 0.2) is 0 Å². The average Bonchev–Trinajstić information content (AvgIpc) is 2.28. The summed E-state index contributed by atoms with van der Waals surface area (Å²) in [7, 11) is -0.862. The van der Waals surface area contributed by atoms with E-state index < -0.39 is 10.8 Å². The van der Waals surface area contributed by atoms with Gasteiger partial charge in [-0.15, -0.1) is 0 Å². The molecule has 0 saturated heterocycles. The molecule has 1 aliphatic rings. The van der Waals surface area contributed by atoms with Crippen LogP contribution < -0.4 is 0 Å². The van der Waals surface area contributed by atoms with Gasteiger partial charge in [0.2, 0.25) is 0 Å². The SMILES string of the molecule is CCC(C)(C)C1CCC(C#N)C(S(C)=O)C1. The number of nitrogens with zero attached hydrogens (tertiary/aromatic N) is 1. The molecule has 1 rings (SSSR count). The summed E-state index contributed by atoms with van der Waals surface area (Å²) in [6.45, 7) is 6.80. The summed E-state index contributed by atoms with van der Waals surface area (Å²) in [4.78, 5) is 0. The zero-order valence-corrected chi connectivity index (χ0v) is 11.6. The van der Waals surface area contributed by atoms with Gasteiger partial charge in [-0.25, -0.2) is 0 Å². The molecule has 0 spiro atoms. The van der Waals surface area contributed by atoms with Crippen molar-refractivity contribution < 1.29 is 4.21 Å². The van der Waals surface area contributed by atoms with Crippen LogP contribution in [0, 0.1) is 28.6 Å². The maximum atomic E-state index is 11.7. The highest BCUT2D eigenvalue weighted by molar-refractivity contribution is 7.84. The molecule has 1 aliphatic carbocycles. The molecule has 1 saturated carbocycles.